The first-order chi connectivity index (χ1) is 34.7. The van der Waals surface area contributed by atoms with E-state index in [1.807, 2.05) is 12.1 Å². The van der Waals surface area contributed by atoms with Crippen molar-refractivity contribution in [3.05, 3.63) is 255 Å². The second-order valence-electron chi connectivity index (χ2n) is 18.0. The van der Waals surface area contributed by atoms with Gasteiger partial charge in [0.25, 0.3) is 0 Å². The molecule has 2 aromatic heterocycles. The number of para-hydroxylation sites is 4. The Morgan fingerprint density at radius 1 is 0.329 bits per heavy atom. The molecule has 0 N–H and O–H groups in total. The highest BCUT2D eigenvalue weighted by atomic mass is 16.3. The van der Waals surface area contributed by atoms with E-state index in [2.05, 4.69) is 257 Å². The topological polar surface area (TPSA) is 37.4 Å². The summed E-state index contributed by atoms with van der Waals surface area (Å²) in [7, 11) is 0. The predicted octanol–water partition coefficient (Wildman–Crippen LogP) is 18.1. The van der Waals surface area contributed by atoms with Gasteiger partial charge in [0.15, 0.2) is 0 Å². The van der Waals surface area contributed by atoms with E-state index in [4.69, 9.17) is 9.40 Å². The maximum absolute atomic E-state index is 6.28. The smallest absolute Gasteiger partial charge is 0.145 e. The number of benzene rings is 12. The zero-order valence-electron chi connectivity index (χ0n) is 37.9. The minimum absolute atomic E-state index is 0.878. The van der Waals surface area contributed by atoms with E-state index in [0.717, 1.165) is 84.2 Å². The first-order valence-electron chi connectivity index (χ1n) is 23.8. The fourth-order valence-corrected chi connectivity index (χ4v) is 10.7. The molecule has 0 aliphatic carbocycles. The Balaban J connectivity index is 0.890. The average Bonchev–Trinajstić information content (AvgIpc) is 4.00. The van der Waals surface area contributed by atoms with E-state index < -0.39 is 0 Å². The molecule has 0 saturated heterocycles. The normalized spacial score (nSPS) is 11.7. The molecule has 2 heterocycles. The molecular weight excluding hydrogens is 853 g/mol. The van der Waals surface area contributed by atoms with Gasteiger partial charge in [0, 0.05) is 55.5 Å². The van der Waals surface area contributed by atoms with Crippen LogP contribution < -0.4 is 9.80 Å². The van der Waals surface area contributed by atoms with Crippen molar-refractivity contribution in [1.29, 1.82) is 0 Å². The van der Waals surface area contributed by atoms with Crippen molar-refractivity contribution >= 4 is 110 Å². The van der Waals surface area contributed by atoms with Crippen molar-refractivity contribution in [2.75, 3.05) is 9.80 Å². The molecular formula is C65H42N4O. The summed E-state index contributed by atoms with van der Waals surface area (Å²) < 4.78 is 8.54. The monoisotopic (exact) mass is 894 g/mol. The van der Waals surface area contributed by atoms with Gasteiger partial charge in [0.1, 0.15) is 17.0 Å². The fraction of sp³-hybridized carbons (Fsp3) is 0. The molecule has 0 saturated carbocycles. The quantitative estimate of drug-likeness (QED) is 0.142. The highest BCUT2D eigenvalue weighted by Crippen LogP contribution is 2.45. The van der Waals surface area contributed by atoms with E-state index in [-0.39, 0.29) is 0 Å². The summed E-state index contributed by atoms with van der Waals surface area (Å²) in [6.45, 7) is 0. The number of fused-ring (bicyclic) bond motifs is 9. The number of anilines is 6. The summed E-state index contributed by atoms with van der Waals surface area (Å²) in [4.78, 5) is 9.95. The summed E-state index contributed by atoms with van der Waals surface area (Å²) >= 11 is 0. The van der Waals surface area contributed by atoms with Crippen LogP contribution in [0, 0.1) is 0 Å². The molecule has 0 aliphatic rings. The van der Waals surface area contributed by atoms with Crippen LogP contribution in [-0.4, -0.2) is 9.55 Å². The fourth-order valence-electron chi connectivity index (χ4n) is 10.7. The lowest BCUT2D eigenvalue weighted by atomic mass is 9.99. The third-order valence-corrected chi connectivity index (χ3v) is 13.9. The molecule has 0 unspecified atom stereocenters. The Hall–Kier alpha value is -9.45. The lowest BCUT2D eigenvalue weighted by molar-refractivity contribution is 0.669. The zero-order chi connectivity index (χ0) is 46.1. The van der Waals surface area contributed by atoms with E-state index in [9.17, 15) is 0 Å². The highest BCUT2D eigenvalue weighted by molar-refractivity contribution is 6.12. The van der Waals surface area contributed by atoms with Crippen LogP contribution in [0.3, 0.4) is 0 Å². The second kappa shape index (κ2) is 16.1. The number of nitrogens with zero attached hydrogens (tertiary/aromatic N) is 4. The molecule has 328 valence electrons. The highest BCUT2D eigenvalue weighted by Gasteiger charge is 2.21. The molecule has 0 spiro atoms. The van der Waals surface area contributed by atoms with Crippen LogP contribution >= 0.6 is 0 Å². The summed E-state index contributed by atoms with van der Waals surface area (Å²) in [6.07, 6.45) is 0. The molecule has 0 bridgehead atoms. The van der Waals surface area contributed by atoms with Crippen LogP contribution in [0.4, 0.5) is 34.1 Å². The van der Waals surface area contributed by atoms with E-state index >= 15 is 0 Å². The van der Waals surface area contributed by atoms with Gasteiger partial charge in [-0.25, -0.2) is 4.98 Å². The summed E-state index contributed by atoms with van der Waals surface area (Å²) in [5, 5.41) is 11.7. The SMILES string of the molecule is c1ccc(-n2c(-c3ccc(N(c4ccc5c(ccc6cc(N(c7ccc8oc9ccccc9c8c7)c7cccc8ccccc78)ccc65)c4)c4cccc5ccccc45)cc3)nc3ccccc32)cc1. The van der Waals surface area contributed by atoms with Gasteiger partial charge in [-0.15, -0.1) is 0 Å². The van der Waals surface area contributed by atoms with Crippen molar-refractivity contribution < 1.29 is 4.42 Å². The van der Waals surface area contributed by atoms with Crippen LogP contribution in [0.5, 0.6) is 0 Å². The molecule has 0 atom stereocenters. The number of aromatic nitrogens is 2. The van der Waals surface area contributed by atoms with Gasteiger partial charge in [-0.3, -0.25) is 4.57 Å². The molecule has 70 heavy (non-hydrogen) atoms. The average molecular weight is 895 g/mol. The van der Waals surface area contributed by atoms with Crippen molar-refractivity contribution in [3.63, 3.8) is 0 Å². The molecule has 12 aromatic carbocycles. The van der Waals surface area contributed by atoms with Crippen molar-refractivity contribution in [2.24, 2.45) is 0 Å². The first kappa shape index (κ1) is 39.7. The Labute approximate surface area is 403 Å². The number of imidazole rings is 1. The third kappa shape index (κ3) is 6.51. The van der Waals surface area contributed by atoms with Gasteiger partial charge in [-0.05, 0) is 142 Å². The van der Waals surface area contributed by atoms with Crippen molar-refractivity contribution in [1.82, 2.24) is 9.55 Å². The Morgan fingerprint density at radius 2 is 0.843 bits per heavy atom. The lowest BCUT2D eigenvalue weighted by Crippen LogP contribution is -2.11. The Morgan fingerprint density at radius 3 is 1.53 bits per heavy atom. The number of hydrogen-bond donors (Lipinski definition) is 0. The minimum Gasteiger partial charge on any atom is -0.456 e. The van der Waals surface area contributed by atoms with E-state index in [1.165, 1.54) is 43.1 Å². The van der Waals surface area contributed by atoms with Gasteiger partial charge in [0.2, 0.25) is 0 Å². The molecule has 0 amide bonds. The van der Waals surface area contributed by atoms with Crippen molar-refractivity contribution in [2.45, 2.75) is 0 Å². The first-order valence-corrected chi connectivity index (χ1v) is 23.8. The molecule has 0 radical (unpaired) electrons. The molecule has 5 nitrogen and oxygen atoms in total. The standard InChI is InChI=1S/C65H42N4O/c1-2-18-48(19-3-1)69-62-24-10-9-23-59(62)66-65(69)45-30-32-49(33-31-45)67(60-25-12-16-43-14-4-6-20-55(43)60)50-34-37-53-46(40-50)28-29-47-41-51(35-38-54(47)53)68(61-26-13-17-44-15-5-7-21-56(44)61)52-36-39-64-58(42-52)57-22-8-11-27-63(57)70-64/h1-42H. The van der Waals surface area contributed by atoms with Crippen LogP contribution in [0.25, 0.3) is 93.1 Å². The summed E-state index contributed by atoms with van der Waals surface area (Å²) in [6, 6.07) is 91.3. The van der Waals surface area contributed by atoms with Crippen molar-refractivity contribution in [3.8, 4) is 17.1 Å². The molecule has 0 fully saturated rings. The Bertz CT molecular complexity index is 4310. The van der Waals surface area contributed by atoms with Crippen LogP contribution in [0.15, 0.2) is 259 Å². The Kier molecular flexibility index (Phi) is 9.14. The van der Waals surface area contributed by atoms with Gasteiger partial charge < -0.3 is 14.2 Å². The lowest BCUT2D eigenvalue weighted by Gasteiger charge is -2.28. The van der Waals surface area contributed by atoms with Gasteiger partial charge in [0.05, 0.1) is 22.4 Å². The largest absolute Gasteiger partial charge is 0.456 e. The summed E-state index contributed by atoms with van der Waals surface area (Å²) in [5.41, 5.74) is 12.4. The molecule has 5 heteroatoms. The van der Waals surface area contributed by atoms with Gasteiger partial charge in [-0.1, -0.05) is 146 Å². The molecule has 14 aromatic rings. The maximum Gasteiger partial charge on any atom is 0.145 e. The van der Waals surface area contributed by atoms with E-state index in [0.29, 0.717) is 0 Å². The second-order valence-corrected chi connectivity index (χ2v) is 18.0. The van der Waals surface area contributed by atoms with Gasteiger partial charge in [-0.2, -0.15) is 0 Å². The van der Waals surface area contributed by atoms with E-state index in [1.54, 1.807) is 0 Å². The van der Waals surface area contributed by atoms with Crippen LogP contribution in [0.2, 0.25) is 0 Å². The third-order valence-electron chi connectivity index (χ3n) is 13.9. The minimum atomic E-state index is 0.878. The molecule has 0 aliphatic heterocycles. The number of rotatable bonds is 8. The zero-order valence-corrected chi connectivity index (χ0v) is 37.9. The number of hydrogen-bond acceptors (Lipinski definition) is 4. The van der Waals surface area contributed by atoms with Crippen LogP contribution in [0.1, 0.15) is 0 Å². The number of furan rings is 1. The predicted molar refractivity (Wildman–Crippen MR) is 293 cm³/mol. The molecule has 14 rings (SSSR count). The maximum atomic E-state index is 6.28. The summed E-state index contributed by atoms with van der Waals surface area (Å²) in [5.74, 6) is 0.907. The van der Waals surface area contributed by atoms with Crippen LogP contribution in [-0.2, 0) is 0 Å². The van der Waals surface area contributed by atoms with Gasteiger partial charge >= 0.3 is 0 Å².